The van der Waals surface area contributed by atoms with E-state index in [4.69, 9.17) is 0 Å². The van der Waals surface area contributed by atoms with E-state index < -0.39 is 0 Å². The van der Waals surface area contributed by atoms with Crippen molar-refractivity contribution in [2.75, 3.05) is 6.54 Å². The van der Waals surface area contributed by atoms with Crippen molar-refractivity contribution in [2.24, 2.45) is 0 Å². The molecular formula is C15H17FN2. The van der Waals surface area contributed by atoms with Crippen LogP contribution in [-0.2, 0) is 6.54 Å². The summed E-state index contributed by atoms with van der Waals surface area (Å²) < 4.78 is 13.3. The number of hydrogen-bond donors (Lipinski definition) is 1. The Labute approximate surface area is 107 Å². The van der Waals surface area contributed by atoms with Gasteiger partial charge in [-0.3, -0.25) is 4.98 Å². The zero-order valence-corrected chi connectivity index (χ0v) is 10.5. The fourth-order valence-electron chi connectivity index (χ4n) is 1.88. The molecule has 2 rings (SSSR count). The molecule has 0 saturated carbocycles. The average Bonchev–Trinajstić information content (AvgIpc) is 2.40. The molecule has 0 bridgehead atoms. The average molecular weight is 244 g/mol. The minimum Gasteiger partial charge on any atom is -0.313 e. The van der Waals surface area contributed by atoms with Gasteiger partial charge in [-0.05, 0) is 48.9 Å². The van der Waals surface area contributed by atoms with Crippen molar-refractivity contribution in [3.8, 4) is 11.3 Å². The Morgan fingerprint density at radius 3 is 2.83 bits per heavy atom. The van der Waals surface area contributed by atoms with E-state index >= 15 is 0 Å². The Hall–Kier alpha value is -1.74. The van der Waals surface area contributed by atoms with Crippen LogP contribution >= 0.6 is 0 Å². The predicted octanol–water partition coefficient (Wildman–Crippen LogP) is 3.39. The molecule has 1 aromatic carbocycles. The molecule has 0 radical (unpaired) electrons. The zero-order chi connectivity index (χ0) is 12.8. The van der Waals surface area contributed by atoms with Gasteiger partial charge in [-0.1, -0.05) is 13.0 Å². The van der Waals surface area contributed by atoms with Crippen LogP contribution in [0.2, 0.25) is 0 Å². The SMILES string of the molecule is CCCNCc1cc(F)ccc1-c1ccccn1. The van der Waals surface area contributed by atoms with Gasteiger partial charge >= 0.3 is 0 Å². The largest absolute Gasteiger partial charge is 0.313 e. The van der Waals surface area contributed by atoms with Crippen molar-refractivity contribution in [3.63, 3.8) is 0 Å². The van der Waals surface area contributed by atoms with E-state index in [1.165, 1.54) is 6.07 Å². The summed E-state index contributed by atoms with van der Waals surface area (Å²) in [6.07, 6.45) is 2.82. The van der Waals surface area contributed by atoms with Gasteiger partial charge in [-0.25, -0.2) is 4.39 Å². The van der Waals surface area contributed by atoms with E-state index in [-0.39, 0.29) is 5.82 Å². The Kier molecular flexibility index (Phi) is 4.42. The smallest absolute Gasteiger partial charge is 0.123 e. The van der Waals surface area contributed by atoms with Crippen LogP contribution in [0.25, 0.3) is 11.3 Å². The lowest BCUT2D eigenvalue weighted by atomic mass is 10.0. The molecule has 0 aliphatic rings. The molecule has 0 saturated heterocycles. The van der Waals surface area contributed by atoms with E-state index in [9.17, 15) is 4.39 Å². The van der Waals surface area contributed by atoms with Crippen molar-refractivity contribution >= 4 is 0 Å². The topological polar surface area (TPSA) is 24.9 Å². The van der Waals surface area contributed by atoms with Crippen molar-refractivity contribution in [2.45, 2.75) is 19.9 Å². The summed E-state index contributed by atoms with van der Waals surface area (Å²) in [5.74, 6) is -0.206. The third-order valence-electron chi connectivity index (χ3n) is 2.75. The van der Waals surface area contributed by atoms with Crippen LogP contribution in [0.3, 0.4) is 0 Å². The Morgan fingerprint density at radius 1 is 1.22 bits per heavy atom. The van der Waals surface area contributed by atoms with Crippen LogP contribution in [0.15, 0.2) is 42.6 Å². The first-order valence-electron chi connectivity index (χ1n) is 6.22. The van der Waals surface area contributed by atoms with Crippen LogP contribution < -0.4 is 5.32 Å². The molecule has 2 aromatic rings. The Morgan fingerprint density at radius 2 is 2.11 bits per heavy atom. The lowest BCUT2D eigenvalue weighted by molar-refractivity contribution is 0.619. The lowest BCUT2D eigenvalue weighted by Crippen LogP contribution is -2.14. The van der Waals surface area contributed by atoms with E-state index in [1.54, 1.807) is 18.3 Å². The summed E-state index contributed by atoms with van der Waals surface area (Å²) in [6.45, 7) is 3.70. The zero-order valence-electron chi connectivity index (χ0n) is 10.5. The van der Waals surface area contributed by atoms with Gasteiger partial charge in [-0.15, -0.1) is 0 Å². The standard InChI is InChI=1S/C15H17FN2/c1-2-8-17-11-12-10-13(16)6-7-14(12)15-5-3-4-9-18-15/h3-7,9-10,17H,2,8,11H2,1H3. The molecular weight excluding hydrogens is 227 g/mol. The molecule has 1 heterocycles. The van der Waals surface area contributed by atoms with E-state index in [2.05, 4.69) is 17.2 Å². The summed E-state index contributed by atoms with van der Waals surface area (Å²) in [4.78, 5) is 4.32. The number of benzene rings is 1. The number of rotatable bonds is 5. The molecule has 18 heavy (non-hydrogen) atoms. The molecule has 0 unspecified atom stereocenters. The second kappa shape index (κ2) is 6.26. The maximum Gasteiger partial charge on any atom is 0.123 e. The minimum absolute atomic E-state index is 0.206. The quantitative estimate of drug-likeness (QED) is 0.815. The molecule has 0 amide bonds. The van der Waals surface area contributed by atoms with Gasteiger partial charge in [0.25, 0.3) is 0 Å². The molecule has 0 aliphatic heterocycles. The fraction of sp³-hybridized carbons (Fsp3) is 0.267. The van der Waals surface area contributed by atoms with E-state index in [0.717, 1.165) is 29.8 Å². The van der Waals surface area contributed by atoms with Crippen molar-refractivity contribution in [1.82, 2.24) is 10.3 Å². The monoisotopic (exact) mass is 244 g/mol. The second-order valence-corrected chi connectivity index (χ2v) is 4.19. The summed E-state index contributed by atoms with van der Waals surface area (Å²) in [6, 6.07) is 10.6. The summed E-state index contributed by atoms with van der Waals surface area (Å²) in [5, 5.41) is 3.29. The molecule has 0 fully saturated rings. The third kappa shape index (κ3) is 3.14. The third-order valence-corrected chi connectivity index (χ3v) is 2.75. The van der Waals surface area contributed by atoms with Crippen molar-refractivity contribution < 1.29 is 4.39 Å². The molecule has 0 atom stereocenters. The molecule has 2 nitrogen and oxygen atoms in total. The van der Waals surface area contributed by atoms with Gasteiger partial charge in [0, 0.05) is 18.3 Å². The van der Waals surface area contributed by atoms with Crippen LogP contribution in [0.1, 0.15) is 18.9 Å². The first kappa shape index (κ1) is 12.7. The summed E-state index contributed by atoms with van der Waals surface area (Å²) >= 11 is 0. The van der Waals surface area contributed by atoms with Crippen molar-refractivity contribution in [3.05, 3.63) is 54.0 Å². The van der Waals surface area contributed by atoms with Gasteiger partial charge in [0.2, 0.25) is 0 Å². The van der Waals surface area contributed by atoms with Crippen LogP contribution in [0.4, 0.5) is 4.39 Å². The van der Waals surface area contributed by atoms with Crippen LogP contribution in [0, 0.1) is 5.82 Å². The fourth-order valence-corrected chi connectivity index (χ4v) is 1.88. The van der Waals surface area contributed by atoms with Gasteiger partial charge in [0.1, 0.15) is 5.82 Å². The molecule has 1 aromatic heterocycles. The van der Waals surface area contributed by atoms with E-state index in [1.807, 2.05) is 18.2 Å². The van der Waals surface area contributed by atoms with Gasteiger partial charge in [0.05, 0.1) is 5.69 Å². The van der Waals surface area contributed by atoms with Crippen LogP contribution in [0.5, 0.6) is 0 Å². The van der Waals surface area contributed by atoms with Gasteiger partial charge in [-0.2, -0.15) is 0 Å². The highest BCUT2D eigenvalue weighted by molar-refractivity contribution is 5.63. The first-order chi connectivity index (χ1) is 8.81. The molecule has 0 aliphatic carbocycles. The number of pyridine rings is 1. The second-order valence-electron chi connectivity index (χ2n) is 4.19. The summed E-state index contributed by atoms with van der Waals surface area (Å²) in [7, 11) is 0. The molecule has 3 heteroatoms. The highest BCUT2D eigenvalue weighted by atomic mass is 19.1. The Bertz CT molecular complexity index is 497. The first-order valence-corrected chi connectivity index (χ1v) is 6.22. The highest BCUT2D eigenvalue weighted by Gasteiger charge is 2.07. The lowest BCUT2D eigenvalue weighted by Gasteiger charge is -2.10. The van der Waals surface area contributed by atoms with Crippen molar-refractivity contribution in [1.29, 1.82) is 0 Å². The number of aromatic nitrogens is 1. The minimum atomic E-state index is -0.206. The maximum atomic E-state index is 13.3. The highest BCUT2D eigenvalue weighted by Crippen LogP contribution is 2.22. The number of hydrogen-bond acceptors (Lipinski definition) is 2. The maximum absolute atomic E-state index is 13.3. The van der Waals surface area contributed by atoms with Gasteiger partial charge < -0.3 is 5.32 Å². The summed E-state index contributed by atoms with van der Waals surface area (Å²) in [5.41, 5.74) is 2.81. The predicted molar refractivity (Wildman–Crippen MR) is 71.6 cm³/mol. The number of halogens is 1. The number of nitrogens with one attached hydrogen (secondary N) is 1. The Balaban J connectivity index is 2.29. The number of nitrogens with zero attached hydrogens (tertiary/aromatic N) is 1. The van der Waals surface area contributed by atoms with Crippen LogP contribution in [-0.4, -0.2) is 11.5 Å². The molecule has 0 spiro atoms. The van der Waals surface area contributed by atoms with E-state index in [0.29, 0.717) is 6.54 Å². The molecule has 1 N–H and O–H groups in total. The van der Waals surface area contributed by atoms with Gasteiger partial charge in [0.15, 0.2) is 0 Å². The molecule has 94 valence electrons. The normalized spacial score (nSPS) is 10.6.